The van der Waals surface area contributed by atoms with Gasteiger partial charge in [0.15, 0.2) is 0 Å². The number of Topliss-reactive ketones (excluding diaryl/α,β-unsaturated/α-hetero) is 1. The lowest BCUT2D eigenvalue weighted by Gasteiger charge is -2.18. The van der Waals surface area contributed by atoms with Gasteiger partial charge in [0.05, 0.1) is 5.92 Å². The summed E-state index contributed by atoms with van der Waals surface area (Å²) in [5.74, 6) is 0.110. The summed E-state index contributed by atoms with van der Waals surface area (Å²) < 4.78 is 0. The minimum absolute atomic E-state index is 0.0807. The Morgan fingerprint density at radius 3 is 2.78 bits per heavy atom. The third kappa shape index (κ3) is 3.55. The number of carbonyl (C=O) groups excluding carboxylic acids is 1. The molecule has 1 aromatic carbocycles. The quantitative estimate of drug-likeness (QED) is 0.856. The predicted molar refractivity (Wildman–Crippen MR) is 74.2 cm³/mol. The number of carbonyl (C=O) groups is 1. The summed E-state index contributed by atoms with van der Waals surface area (Å²) in [6, 6.07) is 8.03. The van der Waals surface area contributed by atoms with E-state index >= 15 is 0 Å². The summed E-state index contributed by atoms with van der Waals surface area (Å²) in [6.45, 7) is 4.39. The molecule has 4 heteroatoms. The number of hydrogen-bond donors (Lipinski definition) is 2. The normalized spacial score (nSPS) is 20.9. The van der Waals surface area contributed by atoms with Gasteiger partial charge in [0, 0.05) is 24.2 Å². The van der Waals surface area contributed by atoms with Crippen LogP contribution in [0.4, 0.5) is 0 Å². The van der Waals surface area contributed by atoms with Crippen LogP contribution in [0.15, 0.2) is 24.3 Å². The van der Waals surface area contributed by atoms with E-state index in [0.29, 0.717) is 17.6 Å². The molecule has 2 rings (SSSR count). The van der Waals surface area contributed by atoms with Crippen LogP contribution in [0, 0.1) is 0 Å². The van der Waals surface area contributed by atoms with Crippen LogP contribution in [0.5, 0.6) is 0 Å². The van der Waals surface area contributed by atoms with Crippen molar-refractivity contribution in [2.24, 2.45) is 0 Å². The van der Waals surface area contributed by atoms with Crippen molar-refractivity contribution in [2.45, 2.75) is 25.3 Å². The fourth-order valence-electron chi connectivity index (χ4n) is 2.30. The molecule has 1 fully saturated rings. The van der Waals surface area contributed by atoms with Gasteiger partial charge in [-0.2, -0.15) is 0 Å². The van der Waals surface area contributed by atoms with Crippen LogP contribution in [-0.2, 0) is 4.79 Å². The van der Waals surface area contributed by atoms with Crippen LogP contribution in [0.2, 0.25) is 5.02 Å². The maximum absolute atomic E-state index is 11.7. The van der Waals surface area contributed by atoms with E-state index in [0.717, 1.165) is 25.1 Å². The average molecular weight is 267 g/mol. The maximum Gasteiger partial charge on any atom is 0.138 e. The van der Waals surface area contributed by atoms with E-state index in [-0.39, 0.29) is 11.7 Å². The Hall–Kier alpha value is -0.900. The Balaban J connectivity index is 1.99. The van der Waals surface area contributed by atoms with Crippen molar-refractivity contribution in [3.63, 3.8) is 0 Å². The number of halogens is 1. The Labute approximate surface area is 113 Å². The molecule has 1 aromatic rings. The molecule has 0 saturated carbocycles. The zero-order chi connectivity index (χ0) is 13.0. The topological polar surface area (TPSA) is 41.1 Å². The largest absolute Gasteiger partial charge is 0.315 e. The van der Waals surface area contributed by atoms with Gasteiger partial charge >= 0.3 is 0 Å². The maximum atomic E-state index is 11.7. The highest BCUT2D eigenvalue weighted by Gasteiger charge is 2.20. The first-order chi connectivity index (χ1) is 8.66. The van der Waals surface area contributed by atoms with Gasteiger partial charge < -0.3 is 10.6 Å². The van der Waals surface area contributed by atoms with Crippen LogP contribution in [0.3, 0.4) is 0 Å². The summed E-state index contributed by atoms with van der Waals surface area (Å²) in [7, 11) is 0. The van der Waals surface area contributed by atoms with Crippen molar-refractivity contribution in [3.05, 3.63) is 34.9 Å². The van der Waals surface area contributed by atoms with E-state index in [1.807, 2.05) is 24.3 Å². The zero-order valence-electron chi connectivity index (χ0n) is 10.6. The molecule has 1 saturated heterocycles. The van der Waals surface area contributed by atoms with Crippen molar-refractivity contribution in [2.75, 3.05) is 19.6 Å². The lowest BCUT2D eigenvalue weighted by Crippen LogP contribution is -2.35. The first-order valence-electron chi connectivity index (χ1n) is 6.37. The highest BCUT2D eigenvalue weighted by Crippen LogP contribution is 2.19. The molecule has 0 radical (unpaired) electrons. The summed E-state index contributed by atoms with van der Waals surface area (Å²) in [5.41, 5.74) is 1.03. The van der Waals surface area contributed by atoms with Gasteiger partial charge in [-0.15, -0.1) is 0 Å². The molecule has 1 heterocycles. The molecule has 1 aliphatic rings. The van der Waals surface area contributed by atoms with Gasteiger partial charge in [-0.3, -0.25) is 4.79 Å². The molecular formula is C14H19ClN2O. The average Bonchev–Trinajstić information content (AvgIpc) is 2.84. The van der Waals surface area contributed by atoms with Gasteiger partial charge in [-0.25, -0.2) is 0 Å². The second kappa shape index (κ2) is 6.32. The Morgan fingerprint density at radius 2 is 2.22 bits per heavy atom. The monoisotopic (exact) mass is 266 g/mol. The van der Waals surface area contributed by atoms with Gasteiger partial charge in [-0.05, 0) is 37.6 Å². The molecule has 2 unspecified atom stereocenters. The van der Waals surface area contributed by atoms with E-state index in [9.17, 15) is 4.79 Å². The fourth-order valence-corrected chi connectivity index (χ4v) is 2.43. The van der Waals surface area contributed by atoms with Crippen molar-refractivity contribution < 1.29 is 4.79 Å². The van der Waals surface area contributed by atoms with E-state index in [4.69, 9.17) is 11.6 Å². The zero-order valence-corrected chi connectivity index (χ0v) is 11.3. The second-order valence-corrected chi connectivity index (χ2v) is 5.25. The SMILES string of the molecule is CC(=O)C(CNC1CCNC1)c1ccc(Cl)cc1. The molecule has 98 valence electrons. The van der Waals surface area contributed by atoms with Crippen LogP contribution < -0.4 is 10.6 Å². The van der Waals surface area contributed by atoms with Crippen LogP contribution in [0.1, 0.15) is 24.8 Å². The van der Waals surface area contributed by atoms with Crippen LogP contribution in [0.25, 0.3) is 0 Å². The van der Waals surface area contributed by atoms with Crippen molar-refractivity contribution in [1.29, 1.82) is 0 Å². The number of ketones is 1. The molecule has 2 N–H and O–H groups in total. The molecule has 18 heavy (non-hydrogen) atoms. The van der Waals surface area contributed by atoms with Crippen LogP contribution in [-0.4, -0.2) is 31.5 Å². The van der Waals surface area contributed by atoms with Crippen molar-refractivity contribution >= 4 is 17.4 Å². The molecule has 0 aliphatic carbocycles. The summed E-state index contributed by atoms with van der Waals surface area (Å²) in [6.07, 6.45) is 1.13. The van der Waals surface area contributed by atoms with Gasteiger partial charge in [0.1, 0.15) is 5.78 Å². The highest BCUT2D eigenvalue weighted by atomic mass is 35.5. The molecular weight excluding hydrogens is 248 g/mol. The molecule has 1 aliphatic heterocycles. The van der Waals surface area contributed by atoms with E-state index in [1.54, 1.807) is 6.92 Å². The van der Waals surface area contributed by atoms with Gasteiger partial charge in [0.2, 0.25) is 0 Å². The lowest BCUT2D eigenvalue weighted by molar-refractivity contribution is -0.118. The van der Waals surface area contributed by atoms with E-state index in [2.05, 4.69) is 10.6 Å². The Morgan fingerprint density at radius 1 is 1.50 bits per heavy atom. The van der Waals surface area contributed by atoms with Crippen molar-refractivity contribution in [1.82, 2.24) is 10.6 Å². The minimum Gasteiger partial charge on any atom is -0.315 e. The summed E-state index contributed by atoms with van der Waals surface area (Å²) in [5, 5.41) is 7.47. The molecule has 3 nitrogen and oxygen atoms in total. The minimum atomic E-state index is -0.0807. The Bertz CT molecular complexity index is 399. The number of rotatable bonds is 5. The fraction of sp³-hybridized carbons (Fsp3) is 0.500. The predicted octanol–water partition coefficient (Wildman–Crippen LogP) is 1.96. The molecule has 0 bridgehead atoms. The van der Waals surface area contributed by atoms with Crippen LogP contribution >= 0.6 is 11.6 Å². The molecule has 0 amide bonds. The van der Waals surface area contributed by atoms with E-state index < -0.39 is 0 Å². The first kappa shape index (κ1) is 13.5. The third-order valence-electron chi connectivity index (χ3n) is 3.43. The van der Waals surface area contributed by atoms with E-state index in [1.165, 1.54) is 0 Å². The third-order valence-corrected chi connectivity index (χ3v) is 3.69. The van der Waals surface area contributed by atoms with Crippen molar-refractivity contribution in [3.8, 4) is 0 Å². The summed E-state index contributed by atoms with van der Waals surface area (Å²) in [4.78, 5) is 11.7. The first-order valence-corrected chi connectivity index (χ1v) is 6.74. The number of hydrogen-bond acceptors (Lipinski definition) is 3. The lowest BCUT2D eigenvalue weighted by atomic mass is 9.95. The Kier molecular flexibility index (Phi) is 4.75. The molecule has 0 aromatic heterocycles. The molecule has 0 spiro atoms. The second-order valence-electron chi connectivity index (χ2n) is 4.81. The summed E-state index contributed by atoms with van der Waals surface area (Å²) >= 11 is 5.87. The number of nitrogens with one attached hydrogen (secondary N) is 2. The van der Waals surface area contributed by atoms with Gasteiger partial charge in [-0.1, -0.05) is 23.7 Å². The van der Waals surface area contributed by atoms with Gasteiger partial charge in [0.25, 0.3) is 0 Å². The standard InChI is InChI=1S/C14H19ClN2O/c1-10(18)14(9-17-13-6-7-16-8-13)11-2-4-12(15)5-3-11/h2-5,13-14,16-17H,6-9H2,1H3. The number of benzene rings is 1. The smallest absolute Gasteiger partial charge is 0.138 e. The highest BCUT2D eigenvalue weighted by molar-refractivity contribution is 6.30. The molecule has 2 atom stereocenters.